The zero-order valence-electron chi connectivity index (χ0n) is 11.6. The molecule has 0 atom stereocenters. The van der Waals surface area contributed by atoms with Gasteiger partial charge in [0.1, 0.15) is 0 Å². The van der Waals surface area contributed by atoms with Crippen molar-refractivity contribution in [3.05, 3.63) is 24.3 Å². The van der Waals surface area contributed by atoms with E-state index in [9.17, 15) is 0 Å². The normalized spacial score (nSPS) is 16.2. The molecule has 0 unspecified atom stereocenters. The van der Waals surface area contributed by atoms with Crippen molar-refractivity contribution in [1.29, 1.82) is 0 Å². The number of hydrogen-bond donors (Lipinski definition) is 0. The third kappa shape index (κ3) is 2.79. The molecule has 17 heavy (non-hydrogen) atoms. The van der Waals surface area contributed by atoms with Gasteiger partial charge in [0.2, 0.25) is 0 Å². The maximum atomic E-state index is 2.55. The lowest BCUT2D eigenvalue weighted by molar-refractivity contribution is 0.278. The fourth-order valence-corrected chi connectivity index (χ4v) is 4.16. The minimum Gasteiger partial charge on any atom is -0.356 e. The summed E-state index contributed by atoms with van der Waals surface area (Å²) in [6.45, 7) is 11.7. The zero-order valence-corrected chi connectivity index (χ0v) is 12.4. The molecule has 0 saturated carbocycles. The molecule has 94 valence electrons. The zero-order chi connectivity index (χ0) is 12.7. The first-order valence-electron chi connectivity index (χ1n) is 6.29. The lowest BCUT2D eigenvalue weighted by Crippen LogP contribution is -2.45. The average Bonchev–Trinajstić information content (AvgIpc) is 2.57. The van der Waals surface area contributed by atoms with Crippen LogP contribution in [0.25, 0.3) is 0 Å². The van der Waals surface area contributed by atoms with Crippen molar-refractivity contribution in [3.8, 4) is 0 Å². The lowest BCUT2D eigenvalue weighted by Gasteiger charge is -2.41. The first kappa shape index (κ1) is 12.8. The van der Waals surface area contributed by atoms with Crippen LogP contribution in [0.1, 0.15) is 41.0 Å². The molecule has 0 spiro atoms. The van der Waals surface area contributed by atoms with Crippen molar-refractivity contribution in [2.75, 3.05) is 10.8 Å². The molecule has 1 nitrogen and oxygen atoms in total. The SMILES string of the molecule is CC(C)(C)CC(C)(C)N1CSc2ccccc21. The molecule has 1 aliphatic heterocycles. The number of nitrogens with zero attached hydrogens (tertiary/aromatic N) is 1. The Kier molecular flexibility index (Phi) is 3.19. The van der Waals surface area contributed by atoms with E-state index in [1.54, 1.807) is 0 Å². The standard InChI is InChI=1S/C15H23NS/c1-14(2,3)10-15(4,5)16-11-17-13-9-7-6-8-12(13)16/h6-9H,10-11H2,1-5H3. The molecule has 1 heterocycles. The summed E-state index contributed by atoms with van der Waals surface area (Å²) in [6.07, 6.45) is 1.20. The van der Waals surface area contributed by atoms with Gasteiger partial charge in [-0.15, -0.1) is 11.8 Å². The molecule has 0 fully saturated rings. The van der Waals surface area contributed by atoms with Gasteiger partial charge in [0.05, 0.1) is 11.6 Å². The second-order valence-corrected chi connectivity index (χ2v) is 7.71. The third-order valence-electron chi connectivity index (χ3n) is 3.20. The molecule has 0 radical (unpaired) electrons. The maximum absolute atomic E-state index is 2.55. The second kappa shape index (κ2) is 4.24. The Morgan fingerprint density at radius 1 is 1.12 bits per heavy atom. The molecular weight excluding hydrogens is 226 g/mol. The average molecular weight is 249 g/mol. The van der Waals surface area contributed by atoms with Crippen LogP contribution in [0.2, 0.25) is 0 Å². The van der Waals surface area contributed by atoms with E-state index >= 15 is 0 Å². The Bertz CT molecular complexity index is 404. The van der Waals surface area contributed by atoms with Crippen LogP contribution < -0.4 is 4.90 Å². The Morgan fingerprint density at radius 2 is 1.76 bits per heavy atom. The number of fused-ring (bicyclic) bond motifs is 1. The van der Waals surface area contributed by atoms with Gasteiger partial charge >= 0.3 is 0 Å². The molecule has 0 N–H and O–H groups in total. The van der Waals surface area contributed by atoms with Crippen LogP contribution in [-0.4, -0.2) is 11.4 Å². The Morgan fingerprint density at radius 3 is 2.41 bits per heavy atom. The lowest BCUT2D eigenvalue weighted by atomic mass is 9.81. The minimum absolute atomic E-state index is 0.220. The second-order valence-electron chi connectivity index (χ2n) is 6.72. The van der Waals surface area contributed by atoms with Crippen molar-refractivity contribution in [1.82, 2.24) is 0 Å². The number of benzene rings is 1. The van der Waals surface area contributed by atoms with Gasteiger partial charge in [0.15, 0.2) is 0 Å². The highest BCUT2D eigenvalue weighted by atomic mass is 32.2. The molecule has 0 aromatic heterocycles. The van der Waals surface area contributed by atoms with Gasteiger partial charge in [-0.3, -0.25) is 0 Å². The van der Waals surface area contributed by atoms with Crippen molar-refractivity contribution in [2.45, 2.75) is 51.5 Å². The molecule has 2 rings (SSSR count). The van der Waals surface area contributed by atoms with Crippen LogP contribution in [0.5, 0.6) is 0 Å². The minimum atomic E-state index is 0.220. The fourth-order valence-electron chi connectivity index (χ4n) is 2.90. The van der Waals surface area contributed by atoms with E-state index in [2.05, 4.69) is 63.8 Å². The van der Waals surface area contributed by atoms with Crippen molar-refractivity contribution >= 4 is 17.4 Å². The topological polar surface area (TPSA) is 3.24 Å². The summed E-state index contributed by atoms with van der Waals surface area (Å²) >= 11 is 1.95. The fraction of sp³-hybridized carbons (Fsp3) is 0.600. The Balaban J connectivity index is 2.25. The van der Waals surface area contributed by atoms with Crippen LogP contribution in [0.4, 0.5) is 5.69 Å². The van der Waals surface area contributed by atoms with Crippen molar-refractivity contribution < 1.29 is 0 Å². The summed E-state index contributed by atoms with van der Waals surface area (Å²) in [5, 5.41) is 0. The van der Waals surface area contributed by atoms with Gasteiger partial charge in [-0.05, 0) is 37.8 Å². The van der Waals surface area contributed by atoms with Crippen LogP contribution in [-0.2, 0) is 0 Å². The summed E-state index contributed by atoms with van der Waals surface area (Å²) in [5.74, 6) is 1.09. The van der Waals surface area contributed by atoms with E-state index < -0.39 is 0 Å². The van der Waals surface area contributed by atoms with Crippen LogP contribution >= 0.6 is 11.8 Å². The van der Waals surface area contributed by atoms with Crippen LogP contribution in [0.3, 0.4) is 0 Å². The highest BCUT2D eigenvalue weighted by molar-refractivity contribution is 7.99. The van der Waals surface area contributed by atoms with E-state index in [0.29, 0.717) is 5.41 Å². The monoisotopic (exact) mass is 249 g/mol. The van der Waals surface area contributed by atoms with Crippen molar-refractivity contribution in [3.63, 3.8) is 0 Å². The first-order valence-corrected chi connectivity index (χ1v) is 7.28. The molecule has 2 heteroatoms. The number of anilines is 1. The van der Waals surface area contributed by atoms with Gasteiger partial charge < -0.3 is 4.90 Å². The maximum Gasteiger partial charge on any atom is 0.0692 e. The van der Waals surface area contributed by atoms with Gasteiger partial charge in [-0.2, -0.15) is 0 Å². The van der Waals surface area contributed by atoms with E-state index in [-0.39, 0.29) is 5.54 Å². The third-order valence-corrected chi connectivity index (χ3v) is 4.24. The summed E-state index contributed by atoms with van der Waals surface area (Å²) < 4.78 is 0. The Hall–Kier alpha value is -0.630. The molecule has 0 bridgehead atoms. The van der Waals surface area contributed by atoms with E-state index in [1.807, 2.05) is 11.8 Å². The molecular formula is C15H23NS. The first-order chi connectivity index (χ1) is 7.80. The van der Waals surface area contributed by atoms with Crippen LogP contribution in [0, 0.1) is 5.41 Å². The van der Waals surface area contributed by atoms with Gasteiger partial charge in [0, 0.05) is 10.4 Å². The molecule has 0 amide bonds. The van der Waals surface area contributed by atoms with E-state index in [4.69, 9.17) is 0 Å². The largest absolute Gasteiger partial charge is 0.356 e. The predicted octanol–water partition coefficient (Wildman–Crippen LogP) is 4.77. The molecule has 1 aromatic rings. The Labute approximate surface area is 110 Å². The molecule has 0 saturated heterocycles. The predicted molar refractivity (Wildman–Crippen MR) is 77.8 cm³/mol. The highest BCUT2D eigenvalue weighted by Gasteiger charge is 2.35. The van der Waals surface area contributed by atoms with E-state index in [1.165, 1.54) is 17.0 Å². The van der Waals surface area contributed by atoms with Crippen molar-refractivity contribution in [2.24, 2.45) is 5.41 Å². The number of hydrogen-bond acceptors (Lipinski definition) is 2. The number of rotatable bonds is 2. The summed E-state index contributed by atoms with van der Waals surface area (Å²) in [4.78, 5) is 3.98. The summed E-state index contributed by atoms with van der Waals surface area (Å²) in [6, 6.07) is 8.75. The molecule has 0 aliphatic carbocycles. The number of thioether (sulfide) groups is 1. The highest BCUT2D eigenvalue weighted by Crippen LogP contribution is 2.44. The molecule has 1 aliphatic rings. The summed E-state index contributed by atoms with van der Waals surface area (Å²) in [7, 11) is 0. The van der Waals surface area contributed by atoms with E-state index in [0.717, 1.165) is 5.88 Å². The molecule has 1 aromatic carbocycles. The smallest absolute Gasteiger partial charge is 0.0692 e. The number of para-hydroxylation sites is 1. The summed E-state index contributed by atoms with van der Waals surface area (Å²) in [5.41, 5.74) is 2.00. The van der Waals surface area contributed by atoms with Crippen LogP contribution in [0.15, 0.2) is 29.2 Å². The van der Waals surface area contributed by atoms with Gasteiger partial charge in [0.25, 0.3) is 0 Å². The van der Waals surface area contributed by atoms with Gasteiger partial charge in [-0.25, -0.2) is 0 Å². The quantitative estimate of drug-likeness (QED) is 0.742. The van der Waals surface area contributed by atoms with Gasteiger partial charge in [-0.1, -0.05) is 32.9 Å².